The van der Waals surface area contributed by atoms with Gasteiger partial charge < -0.3 is 5.32 Å². The van der Waals surface area contributed by atoms with Crippen LogP contribution >= 0.6 is 0 Å². The molecule has 0 radical (unpaired) electrons. The first kappa shape index (κ1) is 11.9. The highest BCUT2D eigenvalue weighted by atomic mass is 16.6. The summed E-state index contributed by atoms with van der Waals surface area (Å²) in [5.41, 5.74) is 2.51. The number of anilines is 1. The predicted molar refractivity (Wildman–Crippen MR) is 68.2 cm³/mol. The number of aryl methyl sites for hydroxylation is 1. The van der Waals surface area contributed by atoms with E-state index in [4.69, 9.17) is 0 Å². The Labute approximate surface area is 101 Å². The van der Waals surface area contributed by atoms with Crippen LogP contribution in [0.4, 0.5) is 11.4 Å². The molecule has 0 saturated heterocycles. The molecule has 1 fully saturated rings. The number of nitrogens with zero attached hydrogens (tertiary/aromatic N) is 1. The van der Waals surface area contributed by atoms with Crippen molar-refractivity contribution < 1.29 is 4.92 Å². The van der Waals surface area contributed by atoms with Crippen LogP contribution in [0.15, 0.2) is 18.2 Å². The van der Waals surface area contributed by atoms with Gasteiger partial charge in [0, 0.05) is 24.4 Å². The third kappa shape index (κ3) is 2.57. The number of non-ortho nitro benzene ring substituents is 1. The van der Waals surface area contributed by atoms with Gasteiger partial charge in [0.1, 0.15) is 0 Å². The van der Waals surface area contributed by atoms with Gasteiger partial charge in [-0.05, 0) is 30.2 Å². The third-order valence-corrected chi connectivity index (χ3v) is 3.69. The Hall–Kier alpha value is -1.58. The van der Waals surface area contributed by atoms with Crippen LogP contribution in [0.25, 0.3) is 0 Å². The molecule has 17 heavy (non-hydrogen) atoms. The van der Waals surface area contributed by atoms with Gasteiger partial charge in [0.25, 0.3) is 5.69 Å². The molecule has 1 saturated carbocycles. The quantitative estimate of drug-likeness (QED) is 0.642. The third-order valence-electron chi connectivity index (χ3n) is 3.69. The molecule has 0 amide bonds. The van der Waals surface area contributed by atoms with E-state index in [-0.39, 0.29) is 10.6 Å². The van der Waals surface area contributed by atoms with E-state index in [1.165, 1.54) is 6.42 Å². The number of nitro groups is 1. The molecular weight excluding hydrogens is 216 g/mol. The van der Waals surface area contributed by atoms with Crippen molar-refractivity contribution in [1.29, 1.82) is 0 Å². The molecule has 4 nitrogen and oxygen atoms in total. The molecule has 0 aliphatic heterocycles. The van der Waals surface area contributed by atoms with Gasteiger partial charge in [-0.1, -0.05) is 19.9 Å². The first-order valence-electron chi connectivity index (χ1n) is 5.89. The average molecular weight is 234 g/mol. The predicted octanol–water partition coefficient (Wildman–Crippen LogP) is 3.36. The van der Waals surface area contributed by atoms with Crippen molar-refractivity contribution in [2.45, 2.75) is 27.2 Å². The average Bonchev–Trinajstić information content (AvgIpc) is 2.85. The van der Waals surface area contributed by atoms with Crippen LogP contribution in [-0.2, 0) is 0 Å². The molecule has 2 rings (SSSR count). The maximum absolute atomic E-state index is 10.7. The second-order valence-corrected chi connectivity index (χ2v) is 5.53. The largest absolute Gasteiger partial charge is 0.384 e. The first-order chi connectivity index (χ1) is 7.90. The van der Waals surface area contributed by atoms with Crippen molar-refractivity contribution in [3.05, 3.63) is 33.9 Å². The monoisotopic (exact) mass is 234 g/mol. The van der Waals surface area contributed by atoms with Crippen LogP contribution in [0.1, 0.15) is 25.8 Å². The van der Waals surface area contributed by atoms with Crippen molar-refractivity contribution in [1.82, 2.24) is 0 Å². The highest BCUT2D eigenvalue weighted by Gasteiger charge is 2.44. The minimum absolute atomic E-state index is 0.146. The van der Waals surface area contributed by atoms with Crippen molar-refractivity contribution >= 4 is 11.4 Å². The fourth-order valence-corrected chi connectivity index (χ4v) is 2.07. The van der Waals surface area contributed by atoms with Crippen molar-refractivity contribution in [3.63, 3.8) is 0 Å². The summed E-state index contributed by atoms with van der Waals surface area (Å²) >= 11 is 0. The van der Waals surface area contributed by atoms with Gasteiger partial charge in [-0.25, -0.2) is 0 Å². The SMILES string of the molecule is Cc1ccc([N+](=O)[O-])cc1NCC1CC1(C)C. The molecule has 4 heteroatoms. The molecule has 0 spiro atoms. The fourth-order valence-electron chi connectivity index (χ4n) is 2.07. The summed E-state index contributed by atoms with van der Waals surface area (Å²) in [6.45, 7) is 7.36. The van der Waals surface area contributed by atoms with E-state index in [1.54, 1.807) is 18.2 Å². The van der Waals surface area contributed by atoms with Crippen molar-refractivity contribution in [3.8, 4) is 0 Å². The standard InChI is InChI=1S/C13H18N2O2/c1-9-4-5-11(15(16)17)6-12(9)14-8-10-7-13(10,2)3/h4-6,10,14H,7-8H2,1-3H3. The van der Waals surface area contributed by atoms with Crippen molar-refractivity contribution in [2.24, 2.45) is 11.3 Å². The zero-order valence-electron chi connectivity index (χ0n) is 10.5. The summed E-state index contributed by atoms with van der Waals surface area (Å²) in [6.07, 6.45) is 1.23. The topological polar surface area (TPSA) is 55.2 Å². The minimum atomic E-state index is -0.355. The Morgan fingerprint density at radius 3 is 2.71 bits per heavy atom. The van der Waals surface area contributed by atoms with Gasteiger partial charge in [-0.2, -0.15) is 0 Å². The summed E-state index contributed by atoms with van der Waals surface area (Å²) in [5.74, 6) is 0.682. The maximum atomic E-state index is 10.7. The lowest BCUT2D eigenvalue weighted by Crippen LogP contribution is -2.08. The van der Waals surface area contributed by atoms with Crippen LogP contribution in [0.5, 0.6) is 0 Å². The number of rotatable bonds is 4. The summed E-state index contributed by atoms with van der Waals surface area (Å²) < 4.78 is 0. The molecule has 1 unspecified atom stereocenters. The number of hydrogen-bond acceptors (Lipinski definition) is 3. The van der Waals surface area contributed by atoms with Gasteiger partial charge in [0.05, 0.1) is 4.92 Å². The molecule has 1 aromatic carbocycles. The lowest BCUT2D eigenvalue weighted by Gasteiger charge is -2.10. The van der Waals surface area contributed by atoms with E-state index in [2.05, 4.69) is 19.2 Å². The Balaban J connectivity index is 2.04. The smallest absolute Gasteiger partial charge is 0.271 e. The van der Waals surface area contributed by atoms with Crippen LogP contribution in [0.2, 0.25) is 0 Å². The number of hydrogen-bond donors (Lipinski definition) is 1. The Morgan fingerprint density at radius 2 is 2.18 bits per heavy atom. The Bertz CT molecular complexity index is 455. The molecular formula is C13H18N2O2. The van der Waals surface area contributed by atoms with E-state index in [1.807, 2.05) is 6.92 Å². The zero-order valence-corrected chi connectivity index (χ0v) is 10.5. The molecule has 1 aliphatic carbocycles. The van der Waals surface area contributed by atoms with E-state index in [0.717, 1.165) is 17.8 Å². The Morgan fingerprint density at radius 1 is 1.53 bits per heavy atom. The van der Waals surface area contributed by atoms with Gasteiger partial charge in [0.15, 0.2) is 0 Å². The Kier molecular flexibility index (Phi) is 2.81. The minimum Gasteiger partial charge on any atom is -0.384 e. The number of nitrogens with one attached hydrogen (secondary N) is 1. The maximum Gasteiger partial charge on any atom is 0.271 e. The summed E-state index contributed by atoms with van der Waals surface area (Å²) in [7, 11) is 0. The molecule has 0 heterocycles. The first-order valence-corrected chi connectivity index (χ1v) is 5.89. The van der Waals surface area contributed by atoms with E-state index < -0.39 is 0 Å². The normalized spacial score (nSPS) is 21.0. The van der Waals surface area contributed by atoms with E-state index >= 15 is 0 Å². The van der Waals surface area contributed by atoms with Crippen LogP contribution in [-0.4, -0.2) is 11.5 Å². The van der Waals surface area contributed by atoms with Gasteiger partial charge in [-0.3, -0.25) is 10.1 Å². The summed E-state index contributed by atoms with van der Waals surface area (Å²) in [5, 5.41) is 14.0. The van der Waals surface area contributed by atoms with E-state index in [0.29, 0.717) is 11.3 Å². The second kappa shape index (κ2) is 4.02. The molecule has 0 bridgehead atoms. The van der Waals surface area contributed by atoms with Crippen LogP contribution < -0.4 is 5.32 Å². The summed E-state index contributed by atoms with van der Waals surface area (Å²) in [4.78, 5) is 10.3. The second-order valence-electron chi connectivity index (χ2n) is 5.53. The number of benzene rings is 1. The molecule has 1 atom stereocenters. The highest BCUT2D eigenvalue weighted by molar-refractivity contribution is 5.56. The van der Waals surface area contributed by atoms with Crippen molar-refractivity contribution in [2.75, 3.05) is 11.9 Å². The summed E-state index contributed by atoms with van der Waals surface area (Å²) in [6, 6.07) is 4.95. The lowest BCUT2D eigenvalue weighted by molar-refractivity contribution is -0.384. The highest BCUT2D eigenvalue weighted by Crippen LogP contribution is 2.51. The molecule has 92 valence electrons. The fraction of sp³-hybridized carbons (Fsp3) is 0.538. The number of nitro benzene ring substituents is 1. The van der Waals surface area contributed by atoms with Crippen LogP contribution in [0, 0.1) is 28.4 Å². The zero-order chi connectivity index (χ0) is 12.6. The lowest BCUT2D eigenvalue weighted by atomic mass is 10.1. The van der Waals surface area contributed by atoms with E-state index in [9.17, 15) is 10.1 Å². The molecule has 1 aromatic rings. The van der Waals surface area contributed by atoms with Gasteiger partial charge >= 0.3 is 0 Å². The molecule has 0 aromatic heterocycles. The molecule has 1 N–H and O–H groups in total. The van der Waals surface area contributed by atoms with Gasteiger partial charge in [0.2, 0.25) is 0 Å². The van der Waals surface area contributed by atoms with Gasteiger partial charge in [-0.15, -0.1) is 0 Å². The molecule has 1 aliphatic rings. The van der Waals surface area contributed by atoms with Crippen LogP contribution in [0.3, 0.4) is 0 Å².